The van der Waals surface area contributed by atoms with Crippen LogP contribution in [-0.2, 0) is 19.7 Å². The van der Waals surface area contributed by atoms with Gasteiger partial charge in [-0.25, -0.2) is 4.39 Å². The number of nitrogens with one attached hydrogen (secondary N) is 1. The SMILES string of the molecule is CCCn1nnc(NCc2cc(Br)ccc2OCc2ccc(F)cc2)n1. The van der Waals surface area contributed by atoms with Crippen molar-refractivity contribution in [2.45, 2.75) is 33.0 Å². The van der Waals surface area contributed by atoms with Crippen LogP contribution in [-0.4, -0.2) is 20.2 Å². The first-order chi connectivity index (χ1) is 12.6. The predicted molar refractivity (Wildman–Crippen MR) is 100 cm³/mol. The summed E-state index contributed by atoms with van der Waals surface area (Å²) in [4.78, 5) is 1.56. The zero-order valence-corrected chi connectivity index (χ0v) is 15.9. The minimum absolute atomic E-state index is 0.258. The normalized spacial score (nSPS) is 10.7. The number of ether oxygens (including phenoxy) is 1. The monoisotopic (exact) mass is 419 g/mol. The van der Waals surface area contributed by atoms with Gasteiger partial charge in [0.15, 0.2) is 0 Å². The van der Waals surface area contributed by atoms with Crippen LogP contribution < -0.4 is 10.1 Å². The van der Waals surface area contributed by atoms with Gasteiger partial charge in [0.1, 0.15) is 18.2 Å². The summed E-state index contributed by atoms with van der Waals surface area (Å²) in [5.41, 5.74) is 1.85. The number of anilines is 1. The summed E-state index contributed by atoms with van der Waals surface area (Å²) in [6.45, 7) is 3.65. The molecule has 0 saturated carbocycles. The number of rotatable bonds is 8. The highest BCUT2D eigenvalue weighted by atomic mass is 79.9. The third-order valence-electron chi connectivity index (χ3n) is 3.64. The lowest BCUT2D eigenvalue weighted by atomic mass is 10.2. The topological polar surface area (TPSA) is 64.9 Å². The van der Waals surface area contributed by atoms with Gasteiger partial charge in [0.2, 0.25) is 0 Å². The Bertz CT molecular complexity index is 853. The van der Waals surface area contributed by atoms with E-state index in [9.17, 15) is 4.39 Å². The van der Waals surface area contributed by atoms with Crippen molar-refractivity contribution < 1.29 is 9.13 Å². The van der Waals surface area contributed by atoms with Gasteiger partial charge in [-0.3, -0.25) is 0 Å². The van der Waals surface area contributed by atoms with Crippen LogP contribution >= 0.6 is 15.9 Å². The zero-order valence-electron chi connectivity index (χ0n) is 14.3. The molecular weight excluding hydrogens is 401 g/mol. The van der Waals surface area contributed by atoms with Crippen molar-refractivity contribution >= 4 is 21.9 Å². The third kappa shape index (κ3) is 5.01. The second-order valence-electron chi connectivity index (χ2n) is 5.73. The molecule has 0 atom stereocenters. The van der Waals surface area contributed by atoms with E-state index in [0.717, 1.165) is 34.3 Å². The lowest BCUT2D eigenvalue weighted by Gasteiger charge is -2.12. The number of benzene rings is 2. The summed E-state index contributed by atoms with van der Waals surface area (Å²) in [5.74, 6) is 0.958. The minimum atomic E-state index is -0.258. The Morgan fingerprint density at radius 1 is 1.19 bits per heavy atom. The van der Waals surface area contributed by atoms with E-state index in [1.807, 2.05) is 18.2 Å². The molecule has 0 amide bonds. The van der Waals surface area contributed by atoms with E-state index in [-0.39, 0.29) is 5.82 Å². The maximum atomic E-state index is 13.0. The van der Waals surface area contributed by atoms with E-state index >= 15 is 0 Å². The molecule has 0 radical (unpaired) electrons. The Morgan fingerprint density at radius 2 is 2.00 bits per heavy atom. The van der Waals surface area contributed by atoms with Gasteiger partial charge in [-0.15, -0.1) is 5.10 Å². The molecule has 0 aliphatic heterocycles. The number of aromatic nitrogens is 4. The summed E-state index contributed by atoms with van der Waals surface area (Å²) >= 11 is 3.48. The van der Waals surface area contributed by atoms with Crippen LogP contribution in [0.5, 0.6) is 5.75 Å². The first-order valence-electron chi connectivity index (χ1n) is 8.31. The van der Waals surface area contributed by atoms with Crippen molar-refractivity contribution in [2.75, 3.05) is 5.32 Å². The Kier molecular flexibility index (Phi) is 6.17. The van der Waals surface area contributed by atoms with E-state index in [4.69, 9.17) is 4.74 Å². The Morgan fingerprint density at radius 3 is 2.77 bits per heavy atom. The average Bonchev–Trinajstić information content (AvgIpc) is 3.08. The standard InChI is InChI=1S/C18H19BrFN5O/c1-2-9-25-23-18(22-24-25)21-11-14-10-15(19)5-8-17(14)26-12-13-3-6-16(20)7-4-13/h3-8,10H,2,9,11-12H2,1H3,(H,21,23). The molecule has 8 heteroatoms. The lowest BCUT2D eigenvalue weighted by molar-refractivity contribution is 0.303. The molecule has 26 heavy (non-hydrogen) atoms. The molecule has 1 heterocycles. The van der Waals surface area contributed by atoms with E-state index < -0.39 is 0 Å². The number of tetrazole rings is 1. The van der Waals surface area contributed by atoms with Gasteiger partial charge in [-0.05, 0) is 47.5 Å². The van der Waals surface area contributed by atoms with Crippen LogP contribution in [0.4, 0.5) is 10.3 Å². The van der Waals surface area contributed by atoms with Crippen LogP contribution in [0.1, 0.15) is 24.5 Å². The summed E-state index contributed by atoms with van der Waals surface area (Å²) in [5, 5.41) is 15.4. The van der Waals surface area contributed by atoms with Crippen LogP contribution in [0.2, 0.25) is 0 Å². The van der Waals surface area contributed by atoms with E-state index in [1.54, 1.807) is 16.9 Å². The second kappa shape index (κ2) is 8.75. The van der Waals surface area contributed by atoms with Crippen molar-refractivity contribution in [1.29, 1.82) is 0 Å². The first kappa shape index (κ1) is 18.3. The first-order valence-corrected chi connectivity index (χ1v) is 9.10. The highest BCUT2D eigenvalue weighted by Gasteiger charge is 2.08. The van der Waals surface area contributed by atoms with Gasteiger partial charge >= 0.3 is 0 Å². The lowest BCUT2D eigenvalue weighted by Crippen LogP contribution is -2.06. The number of hydrogen-bond acceptors (Lipinski definition) is 5. The fourth-order valence-corrected chi connectivity index (χ4v) is 2.76. The number of halogens is 2. The molecule has 2 aromatic carbocycles. The minimum Gasteiger partial charge on any atom is -0.489 e. The van der Waals surface area contributed by atoms with E-state index in [1.165, 1.54) is 12.1 Å². The highest BCUT2D eigenvalue weighted by Crippen LogP contribution is 2.25. The van der Waals surface area contributed by atoms with Crippen LogP contribution in [0, 0.1) is 5.82 Å². The Hall–Kier alpha value is -2.48. The van der Waals surface area contributed by atoms with E-state index in [0.29, 0.717) is 19.1 Å². The molecule has 0 fully saturated rings. The smallest absolute Gasteiger partial charge is 0.263 e. The fourth-order valence-electron chi connectivity index (χ4n) is 2.35. The van der Waals surface area contributed by atoms with Crippen LogP contribution in [0.3, 0.4) is 0 Å². The molecule has 1 aromatic heterocycles. The van der Waals surface area contributed by atoms with Crippen molar-refractivity contribution in [3.05, 3.63) is 63.9 Å². The Labute approximate surface area is 159 Å². The zero-order chi connectivity index (χ0) is 18.4. The molecule has 0 bridgehead atoms. The van der Waals surface area contributed by atoms with Crippen LogP contribution in [0.25, 0.3) is 0 Å². The number of nitrogens with zero attached hydrogens (tertiary/aromatic N) is 4. The highest BCUT2D eigenvalue weighted by molar-refractivity contribution is 9.10. The second-order valence-corrected chi connectivity index (χ2v) is 6.65. The Balaban J connectivity index is 1.65. The third-order valence-corrected chi connectivity index (χ3v) is 4.14. The largest absolute Gasteiger partial charge is 0.489 e. The molecule has 0 spiro atoms. The molecule has 3 rings (SSSR count). The maximum Gasteiger partial charge on any atom is 0.263 e. The molecule has 6 nitrogen and oxygen atoms in total. The van der Waals surface area contributed by atoms with Gasteiger partial charge < -0.3 is 10.1 Å². The van der Waals surface area contributed by atoms with Gasteiger partial charge in [-0.2, -0.15) is 4.80 Å². The molecule has 136 valence electrons. The average molecular weight is 420 g/mol. The van der Waals surface area contributed by atoms with Gasteiger partial charge in [-0.1, -0.05) is 40.1 Å². The molecular formula is C18H19BrFN5O. The fraction of sp³-hybridized carbons (Fsp3) is 0.278. The van der Waals surface area contributed by atoms with Gasteiger partial charge in [0.05, 0.1) is 6.54 Å². The molecule has 0 unspecified atom stereocenters. The maximum absolute atomic E-state index is 13.0. The van der Waals surface area contributed by atoms with Gasteiger partial charge in [0, 0.05) is 16.6 Å². The molecule has 0 aliphatic carbocycles. The molecule has 0 saturated heterocycles. The number of hydrogen-bond donors (Lipinski definition) is 1. The van der Waals surface area contributed by atoms with E-state index in [2.05, 4.69) is 43.6 Å². The molecule has 3 aromatic rings. The number of aryl methyl sites for hydroxylation is 1. The van der Waals surface area contributed by atoms with Crippen molar-refractivity contribution in [1.82, 2.24) is 20.2 Å². The van der Waals surface area contributed by atoms with Crippen molar-refractivity contribution in [3.63, 3.8) is 0 Å². The van der Waals surface area contributed by atoms with Crippen molar-refractivity contribution in [3.8, 4) is 5.75 Å². The summed E-state index contributed by atoms with van der Waals surface area (Å²) < 4.78 is 19.9. The van der Waals surface area contributed by atoms with Crippen LogP contribution in [0.15, 0.2) is 46.9 Å². The molecule has 1 N–H and O–H groups in total. The summed E-state index contributed by atoms with van der Waals surface area (Å²) in [6.07, 6.45) is 0.947. The summed E-state index contributed by atoms with van der Waals surface area (Å²) in [6, 6.07) is 12.1. The van der Waals surface area contributed by atoms with Gasteiger partial charge in [0.25, 0.3) is 5.95 Å². The van der Waals surface area contributed by atoms with Crippen molar-refractivity contribution in [2.24, 2.45) is 0 Å². The predicted octanol–water partition coefficient (Wildman–Crippen LogP) is 4.18. The molecule has 0 aliphatic rings. The summed E-state index contributed by atoms with van der Waals surface area (Å²) in [7, 11) is 0. The quantitative estimate of drug-likeness (QED) is 0.593.